The third-order valence-corrected chi connectivity index (χ3v) is 5.99. The van der Waals surface area contributed by atoms with Gasteiger partial charge in [-0.05, 0) is 24.1 Å². The molecule has 2 unspecified atom stereocenters. The number of ketones is 1. The number of hydrogen-bond donors (Lipinski definition) is 0. The van der Waals surface area contributed by atoms with Crippen molar-refractivity contribution in [3.63, 3.8) is 0 Å². The topological polar surface area (TPSA) is 49.9 Å². The van der Waals surface area contributed by atoms with Crippen LogP contribution in [0, 0.1) is 0 Å². The van der Waals surface area contributed by atoms with Gasteiger partial charge in [-0.2, -0.15) is 0 Å². The van der Waals surface area contributed by atoms with Gasteiger partial charge in [0.05, 0.1) is 12.7 Å². The number of nitrogens with zero attached hydrogens (tertiary/aromatic N) is 2. The molecule has 2 aliphatic rings. The van der Waals surface area contributed by atoms with Crippen molar-refractivity contribution in [1.29, 1.82) is 0 Å². The minimum Gasteiger partial charge on any atom is -0.496 e. The van der Waals surface area contributed by atoms with Crippen LogP contribution in [-0.4, -0.2) is 47.7 Å². The molecule has 2 aromatic carbocycles. The van der Waals surface area contributed by atoms with Crippen molar-refractivity contribution in [2.75, 3.05) is 20.2 Å². The van der Waals surface area contributed by atoms with Gasteiger partial charge in [0.1, 0.15) is 11.5 Å². The number of rotatable bonds is 5. The lowest BCUT2D eigenvalue weighted by atomic mass is 9.96. The molecule has 28 heavy (non-hydrogen) atoms. The van der Waals surface area contributed by atoms with Crippen molar-refractivity contribution in [1.82, 2.24) is 9.80 Å². The molecule has 146 valence electrons. The van der Waals surface area contributed by atoms with Gasteiger partial charge in [0, 0.05) is 44.6 Å². The molecule has 2 atom stereocenters. The van der Waals surface area contributed by atoms with E-state index in [0.717, 1.165) is 12.1 Å². The summed E-state index contributed by atoms with van der Waals surface area (Å²) in [5, 5.41) is 0. The van der Waals surface area contributed by atoms with Crippen LogP contribution in [0.3, 0.4) is 0 Å². The summed E-state index contributed by atoms with van der Waals surface area (Å²) >= 11 is 0. The third-order valence-electron chi connectivity index (χ3n) is 5.99. The maximum Gasteiger partial charge on any atom is 0.258 e. The van der Waals surface area contributed by atoms with Crippen LogP contribution in [0.4, 0.5) is 0 Å². The second kappa shape index (κ2) is 7.76. The van der Waals surface area contributed by atoms with Gasteiger partial charge in [0.15, 0.2) is 0 Å². The van der Waals surface area contributed by atoms with E-state index in [1.165, 1.54) is 5.56 Å². The lowest BCUT2D eigenvalue weighted by Crippen LogP contribution is -2.50. The Labute approximate surface area is 165 Å². The van der Waals surface area contributed by atoms with Crippen molar-refractivity contribution in [2.45, 2.75) is 38.4 Å². The van der Waals surface area contributed by atoms with Crippen LogP contribution in [0.25, 0.3) is 0 Å². The largest absolute Gasteiger partial charge is 0.496 e. The Balaban J connectivity index is 1.55. The molecular formula is C23H26N2O3. The van der Waals surface area contributed by atoms with Crippen LogP contribution in [0.1, 0.15) is 47.3 Å². The highest BCUT2D eigenvalue weighted by Gasteiger charge is 2.37. The van der Waals surface area contributed by atoms with Crippen LogP contribution in [0.2, 0.25) is 0 Å². The summed E-state index contributed by atoms with van der Waals surface area (Å²) in [5.74, 6) is 0.903. The van der Waals surface area contributed by atoms with E-state index in [4.69, 9.17) is 4.74 Å². The predicted molar refractivity (Wildman–Crippen MR) is 107 cm³/mol. The van der Waals surface area contributed by atoms with Gasteiger partial charge in [-0.3, -0.25) is 14.5 Å². The van der Waals surface area contributed by atoms with E-state index in [0.29, 0.717) is 37.2 Å². The van der Waals surface area contributed by atoms with Gasteiger partial charge in [-0.1, -0.05) is 42.5 Å². The first-order valence-electron chi connectivity index (χ1n) is 9.86. The number of amides is 1. The molecule has 2 aliphatic heterocycles. The maximum absolute atomic E-state index is 13.0. The van der Waals surface area contributed by atoms with Gasteiger partial charge in [-0.15, -0.1) is 0 Å². The number of carbonyl (C=O) groups excluding carboxylic acids is 2. The van der Waals surface area contributed by atoms with Crippen LogP contribution in [0.15, 0.2) is 48.5 Å². The number of ether oxygens (including phenoxy) is 1. The first kappa shape index (κ1) is 18.7. The minimum absolute atomic E-state index is 0.00205. The number of piperidine rings is 1. The molecule has 0 aliphatic carbocycles. The van der Waals surface area contributed by atoms with Crippen molar-refractivity contribution in [3.8, 4) is 5.75 Å². The number of methoxy groups -OCH3 is 1. The zero-order chi connectivity index (χ0) is 19.7. The van der Waals surface area contributed by atoms with Gasteiger partial charge in [0.25, 0.3) is 5.91 Å². The maximum atomic E-state index is 13.0. The number of Topliss-reactive ketones (excluding diaryl/α,β-unsaturated/α-hetero) is 1. The average molecular weight is 378 g/mol. The number of hydrogen-bond acceptors (Lipinski definition) is 4. The first-order valence-corrected chi connectivity index (χ1v) is 9.86. The SMILES string of the molecule is COc1cccc2c1C(=O)N(CC1CC(=O)CCN1C(C)c1ccccc1)C2. The van der Waals surface area contributed by atoms with Gasteiger partial charge in [0.2, 0.25) is 0 Å². The highest BCUT2D eigenvalue weighted by atomic mass is 16.5. The standard InChI is InChI=1S/C23H26N2O3/c1-16(17-7-4-3-5-8-17)25-12-11-20(26)13-19(25)15-24-14-18-9-6-10-21(28-2)22(18)23(24)27/h3-10,16,19H,11-15H2,1-2H3. The highest BCUT2D eigenvalue weighted by Crippen LogP contribution is 2.33. The lowest BCUT2D eigenvalue weighted by Gasteiger charge is -2.41. The fourth-order valence-electron chi connectivity index (χ4n) is 4.48. The van der Waals surface area contributed by atoms with Crippen LogP contribution in [0.5, 0.6) is 5.75 Å². The average Bonchev–Trinajstić information content (AvgIpc) is 3.04. The summed E-state index contributed by atoms with van der Waals surface area (Å²) in [6.07, 6.45) is 1.07. The monoisotopic (exact) mass is 378 g/mol. The summed E-state index contributed by atoms with van der Waals surface area (Å²) in [7, 11) is 1.59. The molecule has 5 nitrogen and oxygen atoms in total. The first-order chi connectivity index (χ1) is 13.6. The molecule has 0 aromatic heterocycles. The molecule has 1 saturated heterocycles. The van der Waals surface area contributed by atoms with Gasteiger partial charge >= 0.3 is 0 Å². The molecular weight excluding hydrogens is 352 g/mol. The molecule has 1 amide bonds. The molecule has 0 N–H and O–H groups in total. The minimum atomic E-state index is -0.00205. The zero-order valence-corrected chi connectivity index (χ0v) is 16.4. The van der Waals surface area contributed by atoms with Crippen LogP contribution < -0.4 is 4.74 Å². The molecule has 4 rings (SSSR count). The van der Waals surface area contributed by atoms with E-state index < -0.39 is 0 Å². The van der Waals surface area contributed by atoms with E-state index in [9.17, 15) is 9.59 Å². The normalized spacial score (nSPS) is 20.9. The Morgan fingerprint density at radius 3 is 2.64 bits per heavy atom. The van der Waals surface area contributed by atoms with E-state index >= 15 is 0 Å². The zero-order valence-electron chi connectivity index (χ0n) is 16.4. The Morgan fingerprint density at radius 2 is 1.89 bits per heavy atom. The summed E-state index contributed by atoms with van der Waals surface area (Å²) in [6.45, 7) is 4.04. The Kier molecular flexibility index (Phi) is 5.18. The van der Waals surface area contributed by atoms with Gasteiger partial charge in [-0.25, -0.2) is 0 Å². The number of carbonyl (C=O) groups is 2. The summed E-state index contributed by atoms with van der Waals surface area (Å²) < 4.78 is 5.39. The molecule has 2 aromatic rings. The molecule has 1 fully saturated rings. The van der Waals surface area contributed by atoms with E-state index in [1.54, 1.807) is 7.11 Å². The molecule has 0 saturated carbocycles. The van der Waals surface area contributed by atoms with Crippen molar-refractivity contribution < 1.29 is 14.3 Å². The van der Waals surface area contributed by atoms with Crippen molar-refractivity contribution >= 4 is 11.7 Å². The second-order valence-electron chi connectivity index (χ2n) is 7.65. The van der Waals surface area contributed by atoms with Crippen molar-refractivity contribution in [2.24, 2.45) is 0 Å². The molecule has 0 spiro atoms. The third kappa shape index (κ3) is 3.42. The summed E-state index contributed by atoms with van der Waals surface area (Å²) in [5.41, 5.74) is 2.89. The fourth-order valence-corrected chi connectivity index (χ4v) is 4.48. The quantitative estimate of drug-likeness (QED) is 0.800. The predicted octanol–water partition coefficient (Wildman–Crippen LogP) is 3.45. The smallest absolute Gasteiger partial charge is 0.258 e. The molecule has 2 heterocycles. The molecule has 0 bridgehead atoms. The van der Waals surface area contributed by atoms with Crippen molar-refractivity contribution in [3.05, 3.63) is 65.2 Å². The van der Waals surface area contributed by atoms with E-state index in [-0.39, 0.29) is 23.8 Å². The van der Waals surface area contributed by atoms with E-state index in [1.807, 2.05) is 41.3 Å². The molecule has 0 radical (unpaired) electrons. The number of likely N-dealkylation sites (tertiary alicyclic amines) is 1. The van der Waals surface area contributed by atoms with E-state index in [2.05, 4.69) is 24.0 Å². The second-order valence-corrected chi connectivity index (χ2v) is 7.65. The summed E-state index contributed by atoms with van der Waals surface area (Å²) in [4.78, 5) is 29.5. The fraction of sp³-hybridized carbons (Fsp3) is 0.391. The number of fused-ring (bicyclic) bond motifs is 1. The molecule has 5 heteroatoms. The van der Waals surface area contributed by atoms with Crippen LogP contribution in [-0.2, 0) is 11.3 Å². The number of benzene rings is 2. The Morgan fingerprint density at radius 1 is 1.11 bits per heavy atom. The Hall–Kier alpha value is -2.66. The lowest BCUT2D eigenvalue weighted by molar-refractivity contribution is -0.124. The van der Waals surface area contributed by atoms with Crippen LogP contribution >= 0.6 is 0 Å². The highest BCUT2D eigenvalue weighted by molar-refractivity contribution is 6.01. The Bertz CT molecular complexity index is 881. The van der Waals surface area contributed by atoms with Gasteiger partial charge < -0.3 is 9.64 Å². The summed E-state index contributed by atoms with van der Waals surface area (Å²) in [6, 6.07) is 16.3.